The molecule has 0 bridgehead atoms. The Morgan fingerprint density at radius 1 is 1.23 bits per heavy atom. The van der Waals surface area contributed by atoms with Crippen LogP contribution < -0.4 is 0 Å². The molecule has 0 aliphatic heterocycles. The van der Waals surface area contributed by atoms with Crippen LogP contribution in [0.2, 0.25) is 5.15 Å². The van der Waals surface area contributed by atoms with Crippen LogP contribution in [0.3, 0.4) is 0 Å². The number of nitrogens with zero attached hydrogens (tertiary/aromatic N) is 2. The normalized spacial score (nSPS) is 27.0. The van der Waals surface area contributed by atoms with Crippen molar-refractivity contribution in [2.75, 3.05) is 0 Å². The largest absolute Gasteiger partial charge is 0.241 e. The van der Waals surface area contributed by atoms with Crippen molar-refractivity contribution < 1.29 is 0 Å². The number of aromatic nitrogens is 2. The van der Waals surface area contributed by atoms with E-state index in [0.717, 1.165) is 24.1 Å². The molecule has 1 aromatic rings. The molecule has 2 unspecified atom stereocenters. The smallest absolute Gasteiger partial charge is 0.135 e. The molecule has 3 heteroatoms. The summed E-state index contributed by atoms with van der Waals surface area (Å²) in [5.74, 6) is 1.40. The molecule has 2 rings (SSSR count). The molecule has 1 heterocycles. The lowest BCUT2D eigenvalue weighted by molar-refractivity contribution is 0.355. The molecule has 1 aromatic heterocycles. The summed E-state index contributed by atoms with van der Waals surface area (Å²) >= 11 is 6.00. The molecule has 1 aliphatic rings. The van der Waals surface area contributed by atoms with Crippen LogP contribution in [-0.4, -0.2) is 9.97 Å². The molecule has 2 nitrogen and oxygen atoms in total. The van der Waals surface area contributed by atoms with E-state index in [1.807, 2.05) is 0 Å². The molecule has 0 saturated carbocycles. The third-order valence-corrected chi connectivity index (χ3v) is 3.32. The second kappa shape index (κ2) is 3.26. The number of halogens is 1. The zero-order valence-electron chi connectivity index (χ0n) is 7.92. The highest BCUT2D eigenvalue weighted by atomic mass is 35.5. The van der Waals surface area contributed by atoms with Gasteiger partial charge in [-0.2, -0.15) is 0 Å². The molecule has 0 aromatic carbocycles. The van der Waals surface area contributed by atoms with Crippen molar-refractivity contribution in [3.63, 3.8) is 0 Å². The topological polar surface area (TPSA) is 25.8 Å². The maximum absolute atomic E-state index is 6.00. The van der Waals surface area contributed by atoms with Gasteiger partial charge in [0.05, 0.1) is 0 Å². The van der Waals surface area contributed by atoms with Gasteiger partial charge in [0, 0.05) is 11.3 Å². The zero-order valence-corrected chi connectivity index (χ0v) is 8.67. The highest BCUT2D eigenvalue weighted by molar-refractivity contribution is 6.30. The fourth-order valence-electron chi connectivity index (χ4n) is 1.83. The van der Waals surface area contributed by atoms with Crippen molar-refractivity contribution in [3.05, 3.63) is 22.7 Å². The van der Waals surface area contributed by atoms with Gasteiger partial charge in [0.15, 0.2) is 0 Å². The SMILES string of the molecule is CC1Cc2ncnc(Cl)c2CC1C. The van der Waals surface area contributed by atoms with Crippen LogP contribution in [-0.2, 0) is 12.8 Å². The van der Waals surface area contributed by atoms with Gasteiger partial charge in [0.1, 0.15) is 11.5 Å². The Morgan fingerprint density at radius 3 is 2.69 bits per heavy atom. The summed E-state index contributed by atoms with van der Waals surface area (Å²) < 4.78 is 0. The second-order valence-electron chi connectivity index (χ2n) is 3.95. The van der Waals surface area contributed by atoms with E-state index in [4.69, 9.17) is 11.6 Å². The van der Waals surface area contributed by atoms with E-state index in [0.29, 0.717) is 17.0 Å². The summed E-state index contributed by atoms with van der Waals surface area (Å²) in [6, 6.07) is 0. The van der Waals surface area contributed by atoms with E-state index in [-0.39, 0.29) is 0 Å². The van der Waals surface area contributed by atoms with Gasteiger partial charge in [-0.15, -0.1) is 0 Å². The Labute approximate surface area is 83.4 Å². The minimum Gasteiger partial charge on any atom is -0.241 e. The first-order chi connectivity index (χ1) is 6.18. The Bertz CT molecular complexity index is 325. The van der Waals surface area contributed by atoms with Crippen LogP contribution in [0.1, 0.15) is 25.1 Å². The summed E-state index contributed by atoms with van der Waals surface area (Å²) in [7, 11) is 0. The van der Waals surface area contributed by atoms with Gasteiger partial charge in [-0.1, -0.05) is 25.4 Å². The molecule has 0 fully saturated rings. The third-order valence-electron chi connectivity index (χ3n) is 2.99. The first-order valence-electron chi connectivity index (χ1n) is 4.66. The van der Waals surface area contributed by atoms with E-state index in [9.17, 15) is 0 Å². The van der Waals surface area contributed by atoms with Crippen LogP contribution in [0.5, 0.6) is 0 Å². The fourth-order valence-corrected chi connectivity index (χ4v) is 2.06. The predicted octanol–water partition coefficient (Wildman–Crippen LogP) is 2.50. The molecule has 70 valence electrons. The molecule has 13 heavy (non-hydrogen) atoms. The summed E-state index contributed by atoms with van der Waals surface area (Å²) in [5, 5.41) is 0.642. The van der Waals surface area contributed by atoms with Gasteiger partial charge in [0.2, 0.25) is 0 Å². The van der Waals surface area contributed by atoms with Crippen LogP contribution >= 0.6 is 11.6 Å². The van der Waals surface area contributed by atoms with Crippen molar-refractivity contribution in [1.29, 1.82) is 0 Å². The van der Waals surface area contributed by atoms with E-state index in [1.165, 1.54) is 0 Å². The fraction of sp³-hybridized carbons (Fsp3) is 0.600. The summed E-state index contributed by atoms with van der Waals surface area (Å²) in [6.07, 6.45) is 3.62. The van der Waals surface area contributed by atoms with E-state index in [1.54, 1.807) is 6.33 Å². The quantitative estimate of drug-likeness (QED) is 0.596. The molecular weight excluding hydrogens is 184 g/mol. The lowest BCUT2D eigenvalue weighted by atomic mass is 9.80. The van der Waals surface area contributed by atoms with Crippen LogP contribution in [0.4, 0.5) is 0 Å². The molecule has 0 spiro atoms. The molecule has 1 aliphatic carbocycles. The Balaban J connectivity index is 2.42. The van der Waals surface area contributed by atoms with Gasteiger partial charge >= 0.3 is 0 Å². The maximum atomic E-state index is 6.00. The average molecular weight is 197 g/mol. The van der Waals surface area contributed by atoms with Crippen LogP contribution in [0.25, 0.3) is 0 Å². The number of hydrogen-bond donors (Lipinski definition) is 0. The van der Waals surface area contributed by atoms with E-state index >= 15 is 0 Å². The number of hydrogen-bond acceptors (Lipinski definition) is 2. The lowest BCUT2D eigenvalue weighted by Crippen LogP contribution is -2.22. The van der Waals surface area contributed by atoms with Gasteiger partial charge in [-0.05, 0) is 24.7 Å². The molecule has 0 amide bonds. The first-order valence-corrected chi connectivity index (χ1v) is 5.04. The summed E-state index contributed by atoms with van der Waals surface area (Å²) in [4.78, 5) is 8.28. The van der Waals surface area contributed by atoms with Crippen molar-refractivity contribution in [2.45, 2.75) is 26.7 Å². The summed E-state index contributed by atoms with van der Waals surface area (Å²) in [6.45, 7) is 4.53. The van der Waals surface area contributed by atoms with Crippen LogP contribution in [0, 0.1) is 11.8 Å². The highest BCUT2D eigenvalue weighted by Crippen LogP contribution is 2.31. The third kappa shape index (κ3) is 1.55. The maximum Gasteiger partial charge on any atom is 0.135 e. The average Bonchev–Trinajstić information content (AvgIpc) is 2.09. The minimum absolute atomic E-state index is 0.642. The molecule has 2 atom stereocenters. The Kier molecular flexibility index (Phi) is 2.24. The van der Waals surface area contributed by atoms with Crippen molar-refractivity contribution in [3.8, 4) is 0 Å². The minimum atomic E-state index is 0.642. The van der Waals surface area contributed by atoms with E-state index < -0.39 is 0 Å². The number of rotatable bonds is 0. The van der Waals surface area contributed by atoms with Crippen molar-refractivity contribution in [2.24, 2.45) is 11.8 Å². The first kappa shape index (κ1) is 8.95. The zero-order chi connectivity index (χ0) is 9.42. The van der Waals surface area contributed by atoms with Crippen molar-refractivity contribution >= 4 is 11.6 Å². The monoisotopic (exact) mass is 196 g/mol. The van der Waals surface area contributed by atoms with Crippen LogP contribution in [0.15, 0.2) is 6.33 Å². The van der Waals surface area contributed by atoms with Crippen molar-refractivity contribution in [1.82, 2.24) is 9.97 Å². The van der Waals surface area contributed by atoms with E-state index in [2.05, 4.69) is 23.8 Å². The predicted molar refractivity (Wildman–Crippen MR) is 52.8 cm³/mol. The van der Waals surface area contributed by atoms with Gasteiger partial charge in [0.25, 0.3) is 0 Å². The van der Waals surface area contributed by atoms with Gasteiger partial charge in [-0.25, -0.2) is 9.97 Å². The lowest BCUT2D eigenvalue weighted by Gasteiger charge is -2.27. The van der Waals surface area contributed by atoms with Gasteiger partial charge < -0.3 is 0 Å². The highest BCUT2D eigenvalue weighted by Gasteiger charge is 2.24. The Morgan fingerprint density at radius 2 is 1.92 bits per heavy atom. The standard InChI is InChI=1S/C10H13ClN2/c1-6-3-8-9(4-7(6)2)12-5-13-10(8)11/h5-7H,3-4H2,1-2H3. The molecule has 0 saturated heterocycles. The molecule has 0 radical (unpaired) electrons. The Hall–Kier alpha value is -0.630. The summed E-state index contributed by atoms with van der Waals surface area (Å²) in [5.41, 5.74) is 2.31. The van der Waals surface area contributed by atoms with Gasteiger partial charge in [-0.3, -0.25) is 0 Å². The molecular formula is C10H13ClN2. The number of fused-ring (bicyclic) bond motifs is 1. The second-order valence-corrected chi connectivity index (χ2v) is 4.31. The molecule has 0 N–H and O–H groups in total.